The molecule has 5 heteroatoms. The molecule has 1 aromatic carbocycles. The zero-order valence-corrected chi connectivity index (χ0v) is 12.0. The number of fused-ring (bicyclic) bond motifs is 1. The summed E-state index contributed by atoms with van der Waals surface area (Å²) in [5.41, 5.74) is 1.31. The lowest BCUT2D eigenvalue weighted by Gasteiger charge is -2.31. The van der Waals surface area contributed by atoms with Crippen molar-refractivity contribution in [1.29, 1.82) is 0 Å². The first-order valence-electron chi connectivity index (χ1n) is 6.63. The van der Waals surface area contributed by atoms with Crippen LogP contribution in [0.25, 0.3) is 0 Å². The Hall–Kier alpha value is -0.970. The fourth-order valence-electron chi connectivity index (χ4n) is 2.68. The summed E-state index contributed by atoms with van der Waals surface area (Å²) in [4.78, 5) is 2.51. The highest BCUT2D eigenvalue weighted by Crippen LogP contribution is 2.32. The number of halogens is 1. The molecular formula is C14H21ClN2O2. The number of hydrogen-bond donors (Lipinski definition) is 1. The minimum atomic E-state index is 0. The summed E-state index contributed by atoms with van der Waals surface area (Å²) in [5, 5.41) is 3.36. The van der Waals surface area contributed by atoms with Gasteiger partial charge in [0.15, 0.2) is 11.5 Å². The molecule has 2 heterocycles. The van der Waals surface area contributed by atoms with Gasteiger partial charge in [0.2, 0.25) is 6.79 Å². The quantitative estimate of drug-likeness (QED) is 0.921. The molecule has 0 spiro atoms. The Labute approximate surface area is 120 Å². The number of hydrogen-bond acceptors (Lipinski definition) is 4. The van der Waals surface area contributed by atoms with Crippen LogP contribution in [0, 0.1) is 0 Å². The second-order valence-electron chi connectivity index (χ2n) is 5.03. The van der Waals surface area contributed by atoms with Crippen LogP contribution in [0.5, 0.6) is 11.5 Å². The van der Waals surface area contributed by atoms with Gasteiger partial charge in [-0.2, -0.15) is 0 Å². The van der Waals surface area contributed by atoms with E-state index in [0.29, 0.717) is 12.8 Å². The van der Waals surface area contributed by atoms with Gasteiger partial charge in [0.1, 0.15) is 0 Å². The van der Waals surface area contributed by atoms with E-state index in [4.69, 9.17) is 9.47 Å². The maximum atomic E-state index is 5.41. The van der Waals surface area contributed by atoms with Crippen LogP contribution in [0.15, 0.2) is 18.2 Å². The Morgan fingerprint density at radius 1 is 1.21 bits per heavy atom. The smallest absolute Gasteiger partial charge is 0.231 e. The van der Waals surface area contributed by atoms with Crippen LogP contribution in [-0.2, 0) is 6.54 Å². The monoisotopic (exact) mass is 284 g/mol. The van der Waals surface area contributed by atoms with E-state index in [-0.39, 0.29) is 12.4 Å². The minimum Gasteiger partial charge on any atom is -0.454 e. The molecule has 0 amide bonds. The molecule has 1 aromatic rings. The molecule has 0 atom stereocenters. The third kappa shape index (κ3) is 3.32. The van der Waals surface area contributed by atoms with E-state index in [1.165, 1.54) is 31.5 Å². The summed E-state index contributed by atoms with van der Waals surface area (Å²) < 4.78 is 10.7. The predicted octanol–water partition coefficient (Wildman–Crippen LogP) is 2.02. The van der Waals surface area contributed by atoms with Crippen molar-refractivity contribution >= 4 is 12.4 Å². The van der Waals surface area contributed by atoms with Gasteiger partial charge in [0.05, 0.1) is 0 Å². The summed E-state index contributed by atoms with van der Waals surface area (Å²) in [6.45, 7) is 3.69. The van der Waals surface area contributed by atoms with Crippen molar-refractivity contribution in [3.05, 3.63) is 23.8 Å². The van der Waals surface area contributed by atoms with Gasteiger partial charge in [-0.25, -0.2) is 0 Å². The molecule has 0 saturated carbocycles. The number of ether oxygens (including phenoxy) is 2. The molecule has 3 rings (SSSR count). The number of rotatable bonds is 3. The van der Waals surface area contributed by atoms with Crippen molar-refractivity contribution in [1.82, 2.24) is 10.2 Å². The van der Waals surface area contributed by atoms with Crippen molar-refractivity contribution in [3.63, 3.8) is 0 Å². The third-order valence-electron chi connectivity index (χ3n) is 3.84. The largest absolute Gasteiger partial charge is 0.454 e. The van der Waals surface area contributed by atoms with Crippen molar-refractivity contribution in [2.45, 2.75) is 25.4 Å². The van der Waals surface area contributed by atoms with E-state index in [2.05, 4.69) is 29.4 Å². The molecule has 0 radical (unpaired) electrons. The van der Waals surface area contributed by atoms with Crippen LogP contribution >= 0.6 is 12.4 Å². The Morgan fingerprint density at radius 3 is 2.68 bits per heavy atom. The first kappa shape index (κ1) is 14.4. The highest BCUT2D eigenvalue weighted by molar-refractivity contribution is 5.85. The zero-order chi connectivity index (χ0) is 12.4. The fraction of sp³-hybridized carbons (Fsp3) is 0.571. The standard InChI is InChI=1S/C14H20N2O2.ClH/c1-15-12-4-6-16(7-5-12)9-11-2-3-13-14(8-11)18-10-17-13;/h2-3,8,12,15H,4-7,9-10H2,1H3;1H. The molecule has 0 bridgehead atoms. The predicted molar refractivity (Wildman–Crippen MR) is 77.2 cm³/mol. The van der Waals surface area contributed by atoms with Crippen LogP contribution in [0.3, 0.4) is 0 Å². The molecule has 2 aliphatic heterocycles. The highest BCUT2D eigenvalue weighted by atomic mass is 35.5. The molecule has 0 aromatic heterocycles. The fourth-order valence-corrected chi connectivity index (χ4v) is 2.68. The number of benzene rings is 1. The molecule has 4 nitrogen and oxygen atoms in total. The van der Waals surface area contributed by atoms with E-state index < -0.39 is 0 Å². The van der Waals surface area contributed by atoms with Crippen LogP contribution in [0.4, 0.5) is 0 Å². The van der Waals surface area contributed by atoms with Gasteiger partial charge in [0.25, 0.3) is 0 Å². The zero-order valence-electron chi connectivity index (χ0n) is 11.2. The SMILES string of the molecule is CNC1CCN(Cc2ccc3c(c2)OCO3)CC1.Cl. The number of nitrogens with one attached hydrogen (secondary N) is 1. The van der Waals surface area contributed by atoms with Crippen molar-refractivity contribution < 1.29 is 9.47 Å². The minimum absolute atomic E-state index is 0. The first-order valence-corrected chi connectivity index (χ1v) is 6.63. The Kier molecular flexibility index (Phi) is 4.91. The second kappa shape index (κ2) is 6.46. The number of piperidine rings is 1. The summed E-state index contributed by atoms with van der Waals surface area (Å²) in [6, 6.07) is 6.94. The summed E-state index contributed by atoms with van der Waals surface area (Å²) >= 11 is 0. The van der Waals surface area contributed by atoms with Crippen LogP contribution in [-0.4, -0.2) is 37.9 Å². The molecule has 2 aliphatic rings. The van der Waals surface area contributed by atoms with E-state index in [9.17, 15) is 0 Å². The average molecular weight is 285 g/mol. The van der Waals surface area contributed by atoms with Crippen molar-refractivity contribution in [2.24, 2.45) is 0 Å². The second-order valence-corrected chi connectivity index (χ2v) is 5.03. The van der Waals surface area contributed by atoms with E-state index >= 15 is 0 Å². The molecule has 1 saturated heterocycles. The van der Waals surface area contributed by atoms with E-state index in [1.54, 1.807) is 0 Å². The summed E-state index contributed by atoms with van der Waals surface area (Å²) in [6.07, 6.45) is 2.47. The molecule has 19 heavy (non-hydrogen) atoms. The first-order chi connectivity index (χ1) is 8.85. The summed E-state index contributed by atoms with van der Waals surface area (Å²) in [7, 11) is 2.05. The van der Waals surface area contributed by atoms with Crippen LogP contribution < -0.4 is 14.8 Å². The number of nitrogens with zero attached hydrogens (tertiary/aromatic N) is 1. The molecule has 1 N–H and O–H groups in total. The lowest BCUT2D eigenvalue weighted by atomic mass is 10.0. The van der Waals surface area contributed by atoms with Gasteiger partial charge in [0, 0.05) is 12.6 Å². The van der Waals surface area contributed by atoms with Crippen molar-refractivity contribution in [2.75, 3.05) is 26.9 Å². The number of likely N-dealkylation sites (tertiary alicyclic amines) is 1. The Bertz CT molecular complexity index is 420. The molecule has 106 valence electrons. The topological polar surface area (TPSA) is 33.7 Å². The van der Waals surface area contributed by atoms with Crippen molar-refractivity contribution in [3.8, 4) is 11.5 Å². The Morgan fingerprint density at radius 2 is 1.95 bits per heavy atom. The van der Waals surface area contributed by atoms with Gasteiger partial charge < -0.3 is 14.8 Å². The van der Waals surface area contributed by atoms with E-state index in [1.807, 2.05) is 6.07 Å². The molecular weight excluding hydrogens is 264 g/mol. The van der Waals surface area contributed by atoms with Gasteiger partial charge in [-0.15, -0.1) is 12.4 Å². The maximum absolute atomic E-state index is 5.41. The van der Waals surface area contributed by atoms with Crippen LogP contribution in [0.2, 0.25) is 0 Å². The van der Waals surface area contributed by atoms with Gasteiger partial charge in [-0.05, 0) is 50.7 Å². The molecule has 1 fully saturated rings. The average Bonchev–Trinajstić information content (AvgIpc) is 2.87. The van der Waals surface area contributed by atoms with E-state index in [0.717, 1.165) is 18.0 Å². The highest BCUT2D eigenvalue weighted by Gasteiger charge is 2.19. The maximum Gasteiger partial charge on any atom is 0.231 e. The molecule has 0 unspecified atom stereocenters. The van der Waals surface area contributed by atoms with Gasteiger partial charge >= 0.3 is 0 Å². The lowest BCUT2D eigenvalue weighted by molar-refractivity contribution is 0.173. The lowest BCUT2D eigenvalue weighted by Crippen LogP contribution is -2.40. The summed E-state index contributed by atoms with van der Waals surface area (Å²) in [5.74, 6) is 1.75. The Balaban J connectivity index is 0.00000133. The van der Waals surface area contributed by atoms with Gasteiger partial charge in [-0.1, -0.05) is 6.07 Å². The molecule has 0 aliphatic carbocycles. The normalized spacial score (nSPS) is 19.2. The van der Waals surface area contributed by atoms with Crippen LogP contribution in [0.1, 0.15) is 18.4 Å². The third-order valence-corrected chi connectivity index (χ3v) is 3.84. The van der Waals surface area contributed by atoms with Gasteiger partial charge in [-0.3, -0.25) is 4.90 Å².